The molecule has 3 aromatic rings. The first kappa shape index (κ1) is 17.3. The van der Waals surface area contributed by atoms with Gasteiger partial charge in [0.2, 0.25) is 5.75 Å². The Morgan fingerprint density at radius 1 is 0.962 bits per heavy atom. The molecule has 1 aromatic heterocycles. The van der Waals surface area contributed by atoms with Gasteiger partial charge < -0.3 is 23.9 Å². The van der Waals surface area contributed by atoms with E-state index in [2.05, 4.69) is 9.97 Å². The van der Waals surface area contributed by atoms with Crippen LogP contribution in [0, 0.1) is 0 Å². The van der Waals surface area contributed by atoms with Gasteiger partial charge in [-0.25, -0.2) is 9.78 Å². The Morgan fingerprint density at radius 2 is 1.62 bits per heavy atom. The van der Waals surface area contributed by atoms with Gasteiger partial charge in [0.1, 0.15) is 11.6 Å². The number of hydrogen-bond donors (Lipinski definition) is 1. The first-order chi connectivity index (χ1) is 12.7. The minimum atomic E-state index is -0.599. The van der Waals surface area contributed by atoms with Crippen LogP contribution in [-0.4, -0.2) is 37.3 Å². The van der Waals surface area contributed by atoms with E-state index in [9.17, 15) is 4.79 Å². The van der Waals surface area contributed by atoms with E-state index in [0.717, 1.165) is 5.56 Å². The summed E-state index contributed by atoms with van der Waals surface area (Å²) in [6, 6.07) is 12.6. The zero-order valence-corrected chi connectivity index (χ0v) is 14.6. The molecular weight excluding hydrogens is 336 g/mol. The SMILES string of the molecule is COc1cc(OC(=O)c2c[nH]c(-c3ccccc3)n2)cc(OC)c1OC. The fourth-order valence-corrected chi connectivity index (χ4v) is 2.45. The Bertz CT molecular complexity index is 880. The number of benzene rings is 2. The summed E-state index contributed by atoms with van der Waals surface area (Å²) in [6.45, 7) is 0. The summed E-state index contributed by atoms with van der Waals surface area (Å²) in [7, 11) is 4.48. The van der Waals surface area contributed by atoms with Gasteiger partial charge in [0.15, 0.2) is 17.2 Å². The summed E-state index contributed by atoms with van der Waals surface area (Å²) in [6.07, 6.45) is 1.50. The van der Waals surface area contributed by atoms with E-state index in [1.807, 2.05) is 30.3 Å². The molecule has 0 radical (unpaired) electrons. The number of H-pyrrole nitrogens is 1. The first-order valence-corrected chi connectivity index (χ1v) is 7.79. The Kier molecular flexibility index (Phi) is 5.07. The number of rotatable bonds is 6. The van der Waals surface area contributed by atoms with Crippen LogP contribution in [0.4, 0.5) is 0 Å². The van der Waals surface area contributed by atoms with Crippen molar-refractivity contribution in [3.63, 3.8) is 0 Å². The van der Waals surface area contributed by atoms with Gasteiger partial charge >= 0.3 is 5.97 Å². The molecule has 2 aromatic carbocycles. The molecule has 134 valence electrons. The van der Waals surface area contributed by atoms with Gasteiger partial charge in [0.25, 0.3) is 0 Å². The predicted molar refractivity (Wildman–Crippen MR) is 95.1 cm³/mol. The van der Waals surface area contributed by atoms with E-state index in [4.69, 9.17) is 18.9 Å². The molecule has 0 aliphatic rings. The average molecular weight is 354 g/mol. The topological polar surface area (TPSA) is 82.7 Å². The monoisotopic (exact) mass is 354 g/mol. The van der Waals surface area contributed by atoms with Crippen molar-refractivity contribution < 1.29 is 23.7 Å². The summed E-state index contributed by atoms with van der Waals surface area (Å²) in [5.41, 5.74) is 1.04. The molecule has 0 atom stereocenters. The molecule has 7 nitrogen and oxygen atoms in total. The lowest BCUT2D eigenvalue weighted by Gasteiger charge is -2.13. The van der Waals surface area contributed by atoms with Gasteiger partial charge in [-0.3, -0.25) is 0 Å². The Labute approximate surface area is 150 Å². The molecule has 1 N–H and O–H groups in total. The number of carbonyl (C=O) groups is 1. The van der Waals surface area contributed by atoms with Crippen molar-refractivity contribution in [1.82, 2.24) is 9.97 Å². The van der Waals surface area contributed by atoms with Crippen LogP contribution in [0.2, 0.25) is 0 Å². The molecule has 0 saturated heterocycles. The second kappa shape index (κ2) is 7.60. The Hall–Kier alpha value is -3.48. The predicted octanol–water partition coefficient (Wildman–Crippen LogP) is 3.32. The summed E-state index contributed by atoms with van der Waals surface area (Å²) in [5.74, 6) is 1.44. The van der Waals surface area contributed by atoms with Gasteiger partial charge in [-0.15, -0.1) is 0 Å². The standard InChI is InChI=1S/C19H18N2O5/c1-23-15-9-13(10-16(24-2)17(15)25-3)26-19(22)14-11-20-18(21-14)12-7-5-4-6-8-12/h4-11H,1-3H3,(H,20,21). The summed E-state index contributed by atoms with van der Waals surface area (Å²) in [5, 5.41) is 0. The fraction of sp³-hybridized carbons (Fsp3) is 0.158. The van der Waals surface area contributed by atoms with Gasteiger partial charge in [0, 0.05) is 23.9 Å². The lowest BCUT2D eigenvalue weighted by atomic mass is 10.2. The van der Waals surface area contributed by atoms with Crippen LogP contribution in [0.25, 0.3) is 11.4 Å². The zero-order chi connectivity index (χ0) is 18.5. The van der Waals surface area contributed by atoms with E-state index < -0.39 is 5.97 Å². The number of esters is 1. The minimum absolute atomic E-state index is 0.164. The van der Waals surface area contributed by atoms with E-state index in [1.165, 1.54) is 27.5 Å². The maximum absolute atomic E-state index is 12.4. The van der Waals surface area contributed by atoms with Gasteiger partial charge in [-0.2, -0.15) is 0 Å². The fourth-order valence-electron chi connectivity index (χ4n) is 2.45. The van der Waals surface area contributed by atoms with Crippen LogP contribution < -0.4 is 18.9 Å². The van der Waals surface area contributed by atoms with Crippen LogP contribution in [-0.2, 0) is 0 Å². The highest BCUT2D eigenvalue weighted by molar-refractivity contribution is 5.89. The van der Waals surface area contributed by atoms with E-state index in [-0.39, 0.29) is 11.4 Å². The Morgan fingerprint density at radius 3 is 2.19 bits per heavy atom. The lowest BCUT2D eigenvalue weighted by Crippen LogP contribution is -2.09. The highest BCUT2D eigenvalue weighted by Crippen LogP contribution is 2.40. The van der Waals surface area contributed by atoms with Crippen molar-refractivity contribution >= 4 is 5.97 Å². The molecule has 0 saturated carbocycles. The van der Waals surface area contributed by atoms with Crippen LogP contribution in [0.1, 0.15) is 10.5 Å². The molecule has 0 spiro atoms. The zero-order valence-electron chi connectivity index (χ0n) is 14.6. The smallest absolute Gasteiger partial charge is 0.363 e. The quantitative estimate of drug-likeness (QED) is 0.540. The largest absolute Gasteiger partial charge is 0.493 e. The third kappa shape index (κ3) is 3.46. The van der Waals surface area contributed by atoms with Crippen molar-refractivity contribution in [1.29, 1.82) is 0 Å². The maximum Gasteiger partial charge on any atom is 0.363 e. The van der Waals surface area contributed by atoms with Crippen LogP contribution in [0.5, 0.6) is 23.0 Å². The normalized spacial score (nSPS) is 10.3. The molecule has 0 unspecified atom stereocenters. The summed E-state index contributed by atoms with van der Waals surface area (Å²) >= 11 is 0. The molecule has 0 bridgehead atoms. The summed E-state index contributed by atoms with van der Waals surface area (Å²) in [4.78, 5) is 19.6. The van der Waals surface area contributed by atoms with Crippen LogP contribution in [0.3, 0.4) is 0 Å². The first-order valence-electron chi connectivity index (χ1n) is 7.79. The molecule has 0 amide bonds. The van der Waals surface area contributed by atoms with Crippen molar-refractivity contribution in [2.75, 3.05) is 21.3 Å². The van der Waals surface area contributed by atoms with Crippen LogP contribution >= 0.6 is 0 Å². The van der Waals surface area contributed by atoms with Crippen molar-refractivity contribution in [3.05, 3.63) is 54.4 Å². The van der Waals surface area contributed by atoms with Crippen LogP contribution in [0.15, 0.2) is 48.7 Å². The lowest BCUT2D eigenvalue weighted by molar-refractivity contribution is 0.0728. The highest BCUT2D eigenvalue weighted by Gasteiger charge is 2.18. The molecule has 1 heterocycles. The molecular formula is C19H18N2O5. The number of nitrogens with one attached hydrogen (secondary N) is 1. The second-order valence-electron chi connectivity index (χ2n) is 5.25. The number of hydrogen-bond acceptors (Lipinski definition) is 6. The molecule has 7 heteroatoms. The number of nitrogens with zero attached hydrogens (tertiary/aromatic N) is 1. The van der Waals surface area contributed by atoms with E-state index >= 15 is 0 Å². The number of carbonyl (C=O) groups excluding carboxylic acids is 1. The third-order valence-electron chi connectivity index (χ3n) is 3.68. The highest BCUT2D eigenvalue weighted by atomic mass is 16.5. The number of aromatic amines is 1. The second-order valence-corrected chi connectivity index (χ2v) is 5.25. The molecule has 26 heavy (non-hydrogen) atoms. The molecule has 0 fully saturated rings. The van der Waals surface area contributed by atoms with Gasteiger partial charge in [-0.1, -0.05) is 30.3 Å². The molecule has 3 rings (SSSR count). The number of methoxy groups -OCH3 is 3. The minimum Gasteiger partial charge on any atom is -0.493 e. The van der Waals surface area contributed by atoms with E-state index in [0.29, 0.717) is 23.1 Å². The number of aromatic nitrogens is 2. The van der Waals surface area contributed by atoms with Crippen molar-refractivity contribution in [2.24, 2.45) is 0 Å². The summed E-state index contributed by atoms with van der Waals surface area (Å²) < 4.78 is 21.1. The number of imidazole rings is 1. The van der Waals surface area contributed by atoms with E-state index in [1.54, 1.807) is 12.1 Å². The molecule has 0 aliphatic heterocycles. The molecule has 0 aliphatic carbocycles. The average Bonchev–Trinajstić information content (AvgIpc) is 3.18. The maximum atomic E-state index is 12.4. The Balaban J connectivity index is 1.83. The van der Waals surface area contributed by atoms with Crippen molar-refractivity contribution in [3.8, 4) is 34.4 Å². The number of ether oxygens (including phenoxy) is 4. The van der Waals surface area contributed by atoms with Crippen molar-refractivity contribution in [2.45, 2.75) is 0 Å². The van der Waals surface area contributed by atoms with Gasteiger partial charge in [-0.05, 0) is 0 Å². The third-order valence-corrected chi connectivity index (χ3v) is 3.68. The van der Waals surface area contributed by atoms with Gasteiger partial charge in [0.05, 0.1) is 21.3 Å².